The molecule has 0 amide bonds. The number of hydrogen-bond acceptors (Lipinski definition) is 3. The van der Waals surface area contributed by atoms with Crippen molar-refractivity contribution in [3.8, 4) is 0 Å². The molecule has 1 aliphatic carbocycles. The summed E-state index contributed by atoms with van der Waals surface area (Å²) in [4.78, 5) is 10.8. The van der Waals surface area contributed by atoms with E-state index >= 15 is 0 Å². The summed E-state index contributed by atoms with van der Waals surface area (Å²) < 4.78 is 13.9. The molecule has 3 nitrogen and oxygen atoms in total. The van der Waals surface area contributed by atoms with Gasteiger partial charge in [-0.3, -0.25) is 0 Å². The molecule has 104 valence electrons. The molecular formula is C14H18FNO2S. The lowest BCUT2D eigenvalue weighted by molar-refractivity contribution is 0.0696. The molecule has 0 radical (unpaired) electrons. The Balaban J connectivity index is 2.11. The molecule has 2 atom stereocenters. The van der Waals surface area contributed by atoms with Crippen molar-refractivity contribution in [2.24, 2.45) is 0 Å². The van der Waals surface area contributed by atoms with Crippen molar-refractivity contribution in [1.82, 2.24) is 0 Å². The lowest BCUT2D eigenvalue weighted by Gasteiger charge is -2.31. The Hall–Kier alpha value is -1.23. The van der Waals surface area contributed by atoms with Gasteiger partial charge in [-0.25, -0.2) is 9.18 Å². The molecule has 1 aromatic carbocycles. The van der Waals surface area contributed by atoms with Crippen LogP contribution in [0.4, 0.5) is 10.1 Å². The van der Waals surface area contributed by atoms with Crippen LogP contribution in [0.5, 0.6) is 0 Å². The third-order valence-electron chi connectivity index (χ3n) is 3.56. The van der Waals surface area contributed by atoms with Gasteiger partial charge >= 0.3 is 5.97 Å². The Labute approximate surface area is 116 Å². The highest BCUT2D eigenvalue weighted by molar-refractivity contribution is 7.99. The van der Waals surface area contributed by atoms with Crippen LogP contribution in [0.3, 0.4) is 0 Å². The molecule has 19 heavy (non-hydrogen) atoms. The molecule has 2 rings (SSSR count). The molecule has 0 saturated heterocycles. The minimum Gasteiger partial charge on any atom is -0.478 e. The van der Waals surface area contributed by atoms with E-state index in [1.165, 1.54) is 18.6 Å². The van der Waals surface area contributed by atoms with Crippen LogP contribution >= 0.6 is 11.8 Å². The summed E-state index contributed by atoms with van der Waals surface area (Å²) in [6, 6.07) is 4.28. The van der Waals surface area contributed by atoms with Gasteiger partial charge in [0.15, 0.2) is 0 Å². The lowest BCUT2D eigenvalue weighted by Crippen LogP contribution is -2.34. The standard InChI is InChI=1S/C14H18FNO2S/c1-19-13-5-3-2-4-12(13)16-11-7-6-9(14(17)18)8-10(11)15/h6-8,12-13,16H,2-5H2,1H3,(H,17,18). The number of carboxylic acids is 1. The van der Waals surface area contributed by atoms with E-state index in [1.807, 2.05) is 11.8 Å². The highest BCUT2D eigenvalue weighted by Gasteiger charge is 2.24. The van der Waals surface area contributed by atoms with Gasteiger partial charge in [0, 0.05) is 11.3 Å². The van der Waals surface area contributed by atoms with Gasteiger partial charge in [-0.15, -0.1) is 0 Å². The predicted octanol–water partition coefficient (Wildman–Crippen LogP) is 3.61. The number of carboxylic acid groups (broad SMARTS) is 1. The highest BCUT2D eigenvalue weighted by Crippen LogP contribution is 2.30. The Bertz CT molecular complexity index is 467. The van der Waals surface area contributed by atoms with Crippen molar-refractivity contribution in [3.05, 3.63) is 29.6 Å². The van der Waals surface area contributed by atoms with Gasteiger partial charge in [0.05, 0.1) is 11.3 Å². The largest absolute Gasteiger partial charge is 0.478 e. The second-order valence-electron chi connectivity index (χ2n) is 4.81. The van der Waals surface area contributed by atoms with Crippen LogP contribution in [0.2, 0.25) is 0 Å². The number of anilines is 1. The van der Waals surface area contributed by atoms with Crippen molar-refractivity contribution in [3.63, 3.8) is 0 Å². The quantitative estimate of drug-likeness (QED) is 0.886. The van der Waals surface area contributed by atoms with Gasteiger partial charge in [-0.2, -0.15) is 11.8 Å². The maximum absolute atomic E-state index is 13.9. The van der Waals surface area contributed by atoms with Gasteiger partial charge in [0.1, 0.15) is 5.82 Å². The molecule has 1 aromatic rings. The zero-order valence-electron chi connectivity index (χ0n) is 10.9. The van der Waals surface area contributed by atoms with Crippen molar-refractivity contribution in [2.45, 2.75) is 37.0 Å². The highest BCUT2D eigenvalue weighted by atomic mass is 32.2. The maximum Gasteiger partial charge on any atom is 0.335 e. The summed E-state index contributed by atoms with van der Waals surface area (Å²) in [6.07, 6.45) is 6.64. The molecule has 1 saturated carbocycles. The number of carbonyl (C=O) groups is 1. The minimum atomic E-state index is -1.11. The summed E-state index contributed by atoms with van der Waals surface area (Å²) in [7, 11) is 0. The van der Waals surface area contributed by atoms with Crippen LogP contribution in [0, 0.1) is 5.82 Å². The number of hydrogen-bond donors (Lipinski definition) is 2. The summed E-state index contributed by atoms with van der Waals surface area (Å²) >= 11 is 1.81. The Morgan fingerprint density at radius 3 is 2.79 bits per heavy atom. The summed E-state index contributed by atoms with van der Waals surface area (Å²) in [6.45, 7) is 0. The average Bonchev–Trinajstić information content (AvgIpc) is 2.41. The third-order valence-corrected chi connectivity index (χ3v) is 4.73. The second kappa shape index (κ2) is 6.28. The van der Waals surface area contributed by atoms with E-state index in [1.54, 1.807) is 0 Å². The molecule has 0 bridgehead atoms. The molecule has 0 heterocycles. The van der Waals surface area contributed by atoms with E-state index in [-0.39, 0.29) is 11.6 Å². The first kappa shape index (κ1) is 14.2. The van der Waals surface area contributed by atoms with Gasteiger partial charge < -0.3 is 10.4 Å². The third kappa shape index (κ3) is 3.41. The van der Waals surface area contributed by atoms with E-state index < -0.39 is 11.8 Å². The Kier molecular flexibility index (Phi) is 4.69. The van der Waals surface area contributed by atoms with Crippen molar-refractivity contribution >= 4 is 23.4 Å². The van der Waals surface area contributed by atoms with Gasteiger partial charge in [-0.05, 0) is 37.3 Å². The molecule has 2 N–H and O–H groups in total. The fourth-order valence-corrected chi connectivity index (χ4v) is 3.44. The smallest absolute Gasteiger partial charge is 0.335 e. The molecule has 1 aliphatic rings. The van der Waals surface area contributed by atoms with Crippen LogP contribution in [0.15, 0.2) is 18.2 Å². The summed E-state index contributed by atoms with van der Waals surface area (Å²) in [5, 5.41) is 12.5. The number of aromatic carboxylic acids is 1. The van der Waals surface area contributed by atoms with Gasteiger partial charge in [-0.1, -0.05) is 12.8 Å². The zero-order valence-corrected chi connectivity index (χ0v) is 11.7. The minimum absolute atomic E-state index is 0.0203. The first-order chi connectivity index (χ1) is 9.11. The lowest BCUT2D eigenvalue weighted by atomic mass is 9.94. The number of thioether (sulfide) groups is 1. The summed E-state index contributed by atoms with van der Waals surface area (Å²) in [5.41, 5.74) is 0.379. The van der Waals surface area contributed by atoms with Gasteiger partial charge in [0.25, 0.3) is 0 Å². The Morgan fingerprint density at radius 1 is 1.42 bits per heavy atom. The number of nitrogens with one attached hydrogen (secondary N) is 1. The second-order valence-corrected chi connectivity index (χ2v) is 5.89. The first-order valence-electron chi connectivity index (χ1n) is 6.44. The SMILES string of the molecule is CSC1CCCCC1Nc1ccc(C(=O)O)cc1F. The average molecular weight is 283 g/mol. The van der Waals surface area contributed by atoms with E-state index in [0.29, 0.717) is 10.9 Å². The molecule has 0 aliphatic heterocycles. The first-order valence-corrected chi connectivity index (χ1v) is 7.73. The van der Waals surface area contributed by atoms with Crippen LogP contribution in [0.1, 0.15) is 36.0 Å². The zero-order chi connectivity index (χ0) is 13.8. The molecule has 2 unspecified atom stereocenters. The van der Waals surface area contributed by atoms with Crippen LogP contribution in [-0.4, -0.2) is 28.6 Å². The van der Waals surface area contributed by atoms with E-state index in [0.717, 1.165) is 25.3 Å². The van der Waals surface area contributed by atoms with Crippen LogP contribution in [0.25, 0.3) is 0 Å². The number of benzene rings is 1. The van der Waals surface area contributed by atoms with Crippen molar-refractivity contribution in [2.75, 3.05) is 11.6 Å². The Morgan fingerprint density at radius 2 is 2.16 bits per heavy atom. The monoisotopic (exact) mass is 283 g/mol. The fourth-order valence-electron chi connectivity index (χ4n) is 2.51. The molecule has 1 fully saturated rings. The fraction of sp³-hybridized carbons (Fsp3) is 0.500. The number of halogens is 1. The molecule has 5 heteroatoms. The van der Waals surface area contributed by atoms with Crippen LogP contribution in [-0.2, 0) is 0 Å². The molecule has 0 spiro atoms. The summed E-state index contributed by atoms with van der Waals surface area (Å²) in [5.74, 6) is -1.60. The van der Waals surface area contributed by atoms with E-state index in [9.17, 15) is 9.18 Å². The van der Waals surface area contributed by atoms with Gasteiger partial charge in [0.2, 0.25) is 0 Å². The molecular weight excluding hydrogens is 265 g/mol. The normalized spacial score (nSPS) is 23.1. The maximum atomic E-state index is 13.9. The van der Waals surface area contributed by atoms with E-state index in [2.05, 4.69) is 11.6 Å². The molecule has 0 aromatic heterocycles. The van der Waals surface area contributed by atoms with Crippen molar-refractivity contribution < 1.29 is 14.3 Å². The van der Waals surface area contributed by atoms with Crippen LogP contribution < -0.4 is 5.32 Å². The predicted molar refractivity (Wildman–Crippen MR) is 76.5 cm³/mol. The topological polar surface area (TPSA) is 49.3 Å². The van der Waals surface area contributed by atoms with E-state index in [4.69, 9.17) is 5.11 Å². The number of rotatable bonds is 4. The van der Waals surface area contributed by atoms with Crippen molar-refractivity contribution in [1.29, 1.82) is 0 Å².